The average Bonchev–Trinajstić information content (AvgIpc) is 2.29. The molecule has 0 aliphatic heterocycles. The minimum atomic E-state index is -0.851. The normalized spacial score (nSPS) is 14.4. The molecule has 0 amide bonds. The first kappa shape index (κ1) is 15.1. The van der Waals surface area contributed by atoms with Gasteiger partial charge in [-0.25, -0.2) is 0 Å². The van der Waals surface area contributed by atoms with E-state index >= 15 is 0 Å². The molecule has 18 heavy (non-hydrogen) atoms. The highest BCUT2D eigenvalue weighted by molar-refractivity contribution is 7.99. The van der Waals surface area contributed by atoms with E-state index in [1.54, 1.807) is 18.7 Å². The van der Waals surface area contributed by atoms with Crippen LogP contribution in [0.4, 0.5) is 0 Å². The molecule has 1 aromatic carbocycles. The molecule has 1 unspecified atom stereocenters. The van der Waals surface area contributed by atoms with Crippen LogP contribution < -0.4 is 5.32 Å². The van der Waals surface area contributed by atoms with Crippen LogP contribution in [0, 0.1) is 0 Å². The monoisotopic (exact) mass is 267 g/mol. The highest BCUT2D eigenvalue weighted by atomic mass is 32.2. The maximum absolute atomic E-state index is 11.3. The molecule has 3 nitrogen and oxygen atoms in total. The number of carboxylic acids is 1. The minimum absolute atomic E-state index is 0.160. The van der Waals surface area contributed by atoms with Crippen molar-refractivity contribution in [1.82, 2.24) is 5.32 Å². The standard InChI is InChI=1S/C14H21NO2S/c1-11(2)15-14(3,13(16)17)9-10-18-12-7-5-4-6-8-12/h4-8,11,15H,9-10H2,1-3H3,(H,16,17). The molecular formula is C14H21NO2S. The number of carboxylic acid groups (broad SMARTS) is 1. The zero-order valence-electron chi connectivity index (χ0n) is 11.1. The van der Waals surface area contributed by atoms with Gasteiger partial charge in [-0.2, -0.15) is 0 Å². The molecule has 0 bridgehead atoms. The van der Waals surface area contributed by atoms with Crippen molar-refractivity contribution in [1.29, 1.82) is 0 Å². The van der Waals surface area contributed by atoms with E-state index in [-0.39, 0.29) is 6.04 Å². The summed E-state index contributed by atoms with van der Waals surface area (Å²) >= 11 is 1.69. The Morgan fingerprint density at radius 3 is 2.50 bits per heavy atom. The van der Waals surface area contributed by atoms with Crippen molar-refractivity contribution in [2.45, 2.75) is 43.7 Å². The number of carbonyl (C=O) groups is 1. The van der Waals surface area contributed by atoms with E-state index in [1.165, 1.54) is 4.90 Å². The molecule has 1 atom stereocenters. The van der Waals surface area contributed by atoms with Crippen molar-refractivity contribution in [2.24, 2.45) is 0 Å². The summed E-state index contributed by atoms with van der Waals surface area (Å²) < 4.78 is 0. The summed E-state index contributed by atoms with van der Waals surface area (Å²) in [4.78, 5) is 12.5. The molecule has 1 rings (SSSR count). The lowest BCUT2D eigenvalue weighted by atomic mass is 9.98. The van der Waals surface area contributed by atoms with Crippen LogP contribution in [0.3, 0.4) is 0 Å². The molecule has 0 saturated carbocycles. The van der Waals surface area contributed by atoms with E-state index in [2.05, 4.69) is 5.32 Å². The highest BCUT2D eigenvalue weighted by Crippen LogP contribution is 2.22. The van der Waals surface area contributed by atoms with Crippen molar-refractivity contribution < 1.29 is 9.90 Å². The lowest BCUT2D eigenvalue weighted by Crippen LogP contribution is -2.52. The Balaban J connectivity index is 2.50. The van der Waals surface area contributed by atoms with Gasteiger partial charge in [0.05, 0.1) is 0 Å². The van der Waals surface area contributed by atoms with Crippen LogP contribution in [-0.2, 0) is 4.79 Å². The Hall–Kier alpha value is -1.00. The molecule has 0 spiro atoms. The zero-order chi connectivity index (χ0) is 13.6. The predicted molar refractivity (Wildman–Crippen MR) is 76.1 cm³/mol. The minimum Gasteiger partial charge on any atom is -0.480 e. The van der Waals surface area contributed by atoms with Crippen molar-refractivity contribution in [3.05, 3.63) is 30.3 Å². The summed E-state index contributed by atoms with van der Waals surface area (Å²) in [7, 11) is 0. The largest absolute Gasteiger partial charge is 0.480 e. The second kappa shape index (κ2) is 6.81. The van der Waals surface area contributed by atoms with E-state index in [4.69, 9.17) is 0 Å². The Kier molecular flexibility index (Phi) is 5.69. The lowest BCUT2D eigenvalue weighted by Gasteiger charge is -2.28. The van der Waals surface area contributed by atoms with Crippen molar-refractivity contribution in [3.63, 3.8) is 0 Å². The van der Waals surface area contributed by atoms with Gasteiger partial charge in [0, 0.05) is 16.7 Å². The molecule has 0 fully saturated rings. The SMILES string of the molecule is CC(C)NC(C)(CCSc1ccccc1)C(=O)O. The van der Waals surface area contributed by atoms with Gasteiger partial charge in [0.1, 0.15) is 5.54 Å². The summed E-state index contributed by atoms with van der Waals surface area (Å²) in [6.07, 6.45) is 0.597. The molecule has 0 aliphatic carbocycles. The molecule has 0 radical (unpaired) electrons. The van der Waals surface area contributed by atoms with Gasteiger partial charge in [0.2, 0.25) is 0 Å². The average molecular weight is 267 g/mol. The van der Waals surface area contributed by atoms with Crippen LogP contribution in [0.1, 0.15) is 27.2 Å². The summed E-state index contributed by atoms with van der Waals surface area (Å²) in [5.41, 5.74) is -0.851. The number of hydrogen-bond acceptors (Lipinski definition) is 3. The van der Waals surface area contributed by atoms with Crippen LogP contribution in [0.25, 0.3) is 0 Å². The van der Waals surface area contributed by atoms with Gasteiger partial charge in [-0.3, -0.25) is 10.1 Å². The van der Waals surface area contributed by atoms with Crippen molar-refractivity contribution >= 4 is 17.7 Å². The number of thioether (sulfide) groups is 1. The number of benzene rings is 1. The lowest BCUT2D eigenvalue weighted by molar-refractivity contribution is -0.144. The van der Waals surface area contributed by atoms with E-state index in [1.807, 2.05) is 44.2 Å². The molecule has 2 N–H and O–H groups in total. The zero-order valence-corrected chi connectivity index (χ0v) is 12.0. The number of hydrogen-bond donors (Lipinski definition) is 2. The number of nitrogens with one attached hydrogen (secondary N) is 1. The van der Waals surface area contributed by atoms with Gasteiger partial charge in [-0.1, -0.05) is 18.2 Å². The third-order valence-electron chi connectivity index (χ3n) is 2.69. The Bertz CT molecular complexity index is 381. The van der Waals surface area contributed by atoms with Crippen molar-refractivity contribution in [2.75, 3.05) is 5.75 Å². The van der Waals surface area contributed by atoms with E-state index in [9.17, 15) is 9.90 Å². The summed E-state index contributed by atoms with van der Waals surface area (Å²) in [6, 6.07) is 10.2. The Morgan fingerprint density at radius 1 is 1.39 bits per heavy atom. The number of aliphatic carboxylic acids is 1. The number of rotatable bonds is 7. The van der Waals surface area contributed by atoms with Crippen molar-refractivity contribution in [3.8, 4) is 0 Å². The fourth-order valence-corrected chi connectivity index (χ4v) is 2.86. The van der Waals surface area contributed by atoms with Gasteiger partial charge in [0.25, 0.3) is 0 Å². The molecule has 4 heteroatoms. The predicted octanol–water partition coefficient (Wildman–Crippen LogP) is 3.01. The topological polar surface area (TPSA) is 49.3 Å². The second-order valence-corrected chi connectivity index (χ2v) is 6.02. The van der Waals surface area contributed by atoms with Crippen LogP contribution in [-0.4, -0.2) is 28.4 Å². The third-order valence-corrected chi connectivity index (χ3v) is 3.71. The first-order valence-electron chi connectivity index (χ1n) is 6.13. The fourth-order valence-electron chi connectivity index (χ4n) is 1.77. The first-order valence-corrected chi connectivity index (χ1v) is 7.11. The van der Waals surface area contributed by atoms with E-state index in [0.717, 1.165) is 5.75 Å². The van der Waals surface area contributed by atoms with Gasteiger partial charge in [-0.15, -0.1) is 11.8 Å². The van der Waals surface area contributed by atoms with Gasteiger partial charge >= 0.3 is 5.97 Å². The summed E-state index contributed by atoms with van der Waals surface area (Å²) in [5, 5.41) is 12.4. The Morgan fingerprint density at radius 2 is 2.00 bits per heavy atom. The maximum atomic E-state index is 11.3. The Labute approximate surface area is 113 Å². The van der Waals surface area contributed by atoms with E-state index < -0.39 is 11.5 Å². The molecule has 0 heterocycles. The van der Waals surface area contributed by atoms with Gasteiger partial charge < -0.3 is 5.11 Å². The quantitative estimate of drug-likeness (QED) is 0.746. The van der Waals surface area contributed by atoms with E-state index in [0.29, 0.717) is 6.42 Å². The molecule has 0 aromatic heterocycles. The van der Waals surface area contributed by atoms with Gasteiger partial charge in [0.15, 0.2) is 0 Å². The fraction of sp³-hybridized carbons (Fsp3) is 0.500. The smallest absolute Gasteiger partial charge is 0.323 e. The van der Waals surface area contributed by atoms with Crippen LogP contribution >= 0.6 is 11.8 Å². The van der Waals surface area contributed by atoms with Gasteiger partial charge in [-0.05, 0) is 39.3 Å². The molecule has 1 aromatic rings. The maximum Gasteiger partial charge on any atom is 0.323 e. The van der Waals surface area contributed by atoms with Crippen LogP contribution in [0.2, 0.25) is 0 Å². The molecule has 0 saturated heterocycles. The summed E-state index contributed by atoms with van der Waals surface area (Å²) in [6.45, 7) is 5.68. The highest BCUT2D eigenvalue weighted by Gasteiger charge is 2.32. The second-order valence-electron chi connectivity index (χ2n) is 4.85. The third kappa shape index (κ3) is 4.70. The van der Waals surface area contributed by atoms with Crippen LogP contribution in [0.15, 0.2) is 35.2 Å². The van der Waals surface area contributed by atoms with Crippen LogP contribution in [0.5, 0.6) is 0 Å². The first-order chi connectivity index (χ1) is 8.44. The molecule has 100 valence electrons. The summed E-state index contributed by atoms with van der Waals surface area (Å²) in [5.74, 6) is -0.00291. The molecule has 0 aliphatic rings. The molecular weight excluding hydrogens is 246 g/mol.